The molecule has 2 aromatic rings. The molecular weight excluding hydrogens is 825 g/mol. The number of anilines is 2. The van der Waals surface area contributed by atoms with Crippen LogP contribution in [0, 0.1) is 24.7 Å². The van der Waals surface area contributed by atoms with E-state index in [0.29, 0.717) is 22.3 Å². The van der Waals surface area contributed by atoms with Crippen molar-refractivity contribution in [3.63, 3.8) is 0 Å². The summed E-state index contributed by atoms with van der Waals surface area (Å²) in [4.78, 5) is 94.0. The van der Waals surface area contributed by atoms with E-state index in [9.17, 15) is 9.59 Å². The van der Waals surface area contributed by atoms with Gasteiger partial charge < -0.3 is 28.4 Å². The summed E-state index contributed by atoms with van der Waals surface area (Å²) < 4.78 is 35.2. The lowest BCUT2D eigenvalue weighted by molar-refractivity contribution is -0.146. The monoisotopic (exact) mass is 882 g/mol. The van der Waals surface area contributed by atoms with Crippen LogP contribution in [0.5, 0.6) is 0 Å². The van der Waals surface area contributed by atoms with Gasteiger partial charge in [-0.2, -0.15) is 0 Å². The molecule has 16 nitrogen and oxygen atoms in total. The summed E-state index contributed by atoms with van der Waals surface area (Å²) in [5.41, 5.74) is -6.36. The average molecular weight is 883 g/mol. The number of carbonyl (C=O) groups excluding carboxylic acids is 6. The molecule has 4 heterocycles. The largest absolute Gasteiger partial charge is 0.467 e. The van der Waals surface area contributed by atoms with Crippen LogP contribution in [-0.4, -0.2) is 107 Å². The van der Waals surface area contributed by atoms with Crippen molar-refractivity contribution in [2.45, 2.75) is 154 Å². The summed E-state index contributed by atoms with van der Waals surface area (Å²) in [6.07, 6.45) is 4.49. The molecule has 16 heteroatoms. The summed E-state index contributed by atoms with van der Waals surface area (Å²) in [7, 11) is 2.32. The van der Waals surface area contributed by atoms with E-state index in [1.54, 1.807) is 119 Å². The number of ether oxygens (including phenoxy) is 6. The van der Waals surface area contributed by atoms with E-state index in [4.69, 9.17) is 41.3 Å². The highest BCUT2D eigenvalue weighted by Crippen LogP contribution is 2.71. The third kappa shape index (κ3) is 7.71. The van der Waals surface area contributed by atoms with E-state index in [2.05, 4.69) is 11.8 Å². The second-order valence-electron chi connectivity index (χ2n) is 20.4. The van der Waals surface area contributed by atoms with Crippen LogP contribution >= 0.6 is 0 Å². The van der Waals surface area contributed by atoms with Crippen molar-refractivity contribution in [3.8, 4) is 24.7 Å². The zero-order valence-corrected chi connectivity index (χ0v) is 39.0. The van der Waals surface area contributed by atoms with Gasteiger partial charge in [0.2, 0.25) is 0 Å². The number of hydrogen-bond donors (Lipinski definition) is 0. The molecule has 0 N–H and O–H groups in total. The van der Waals surface area contributed by atoms with Crippen LogP contribution in [0.3, 0.4) is 0 Å². The van der Waals surface area contributed by atoms with Crippen molar-refractivity contribution in [1.82, 2.24) is 9.80 Å². The van der Waals surface area contributed by atoms with E-state index in [1.807, 2.05) is 0 Å². The van der Waals surface area contributed by atoms with Crippen LogP contribution in [0.4, 0.5) is 30.6 Å². The quantitative estimate of drug-likeness (QED) is 0.171. The van der Waals surface area contributed by atoms with E-state index in [-0.39, 0.29) is 24.2 Å². The summed E-state index contributed by atoms with van der Waals surface area (Å²) in [5, 5.41) is 0. The minimum atomic E-state index is -1.84. The third-order valence-corrected chi connectivity index (χ3v) is 11.5. The highest BCUT2D eigenvalue weighted by molar-refractivity contribution is 6.00. The lowest BCUT2D eigenvalue weighted by atomic mass is 9.54. The molecule has 0 radical (unpaired) electrons. The van der Waals surface area contributed by atoms with Gasteiger partial charge in [0.25, 0.3) is 0 Å². The molecule has 4 amide bonds. The Balaban J connectivity index is 1.88. The van der Waals surface area contributed by atoms with Crippen LogP contribution in [0.1, 0.15) is 118 Å². The lowest BCUT2D eigenvalue weighted by Crippen LogP contribution is -2.66. The van der Waals surface area contributed by atoms with Crippen molar-refractivity contribution < 1.29 is 57.2 Å². The Morgan fingerprint density at radius 2 is 0.828 bits per heavy atom. The van der Waals surface area contributed by atoms with Gasteiger partial charge in [-0.25, -0.2) is 28.8 Å². The molecule has 4 aliphatic rings. The second kappa shape index (κ2) is 15.7. The average Bonchev–Trinajstić information content (AvgIpc) is 3.86. The fourth-order valence-corrected chi connectivity index (χ4v) is 9.74. The minimum Gasteiger partial charge on any atom is -0.467 e. The minimum absolute atomic E-state index is 0.221. The Morgan fingerprint density at radius 3 is 1.09 bits per heavy atom. The maximum Gasteiger partial charge on any atom is 0.416 e. The molecule has 2 unspecified atom stereocenters. The van der Waals surface area contributed by atoms with Crippen LogP contribution in [0.15, 0.2) is 36.4 Å². The van der Waals surface area contributed by atoms with E-state index >= 15 is 19.2 Å². The first-order chi connectivity index (χ1) is 29.5. The van der Waals surface area contributed by atoms with E-state index in [0.717, 1.165) is 24.0 Å². The van der Waals surface area contributed by atoms with Gasteiger partial charge in [0.1, 0.15) is 46.8 Å². The van der Waals surface area contributed by atoms with Gasteiger partial charge in [0.15, 0.2) is 0 Å². The summed E-state index contributed by atoms with van der Waals surface area (Å²) >= 11 is 0. The fraction of sp³-hybridized carbons (Fsp3) is 0.542. The zero-order valence-electron chi connectivity index (χ0n) is 39.0. The standard InChI is InChI=1S/C48H58N4O12/c1-17-27-19-21-31-29(23-27)47(25-33(35(53)59-15)51(41(57)63-45(9,10)11)37(47)49(31)39(55)61-43(3,4)5)48-26-34(36(54)60-16)52(42(58)64-46(12,13)14)38(48)50(40(56)62-44(6,7)8)32-22-20-28(18-2)24-30(32)48/h1-2,19-24,33-34,37-38H,25-26H2,3-16H3/t33-,34-,37-,38-,47?,48?/m0/s1. The number of methoxy groups -OCH3 is 2. The van der Waals surface area contributed by atoms with Crippen LogP contribution in [-0.2, 0) is 48.8 Å². The molecule has 2 aromatic carbocycles. The van der Waals surface area contributed by atoms with E-state index in [1.165, 1.54) is 9.80 Å². The Morgan fingerprint density at radius 1 is 0.531 bits per heavy atom. The van der Waals surface area contributed by atoms with Gasteiger partial charge >= 0.3 is 36.3 Å². The van der Waals surface area contributed by atoms with Gasteiger partial charge in [-0.05, 0) is 143 Å². The smallest absolute Gasteiger partial charge is 0.416 e. The number of terminal acetylenes is 2. The Bertz CT molecular complexity index is 2220. The number of esters is 2. The predicted octanol–water partition coefficient (Wildman–Crippen LogP) is 7.35. The SMILES string of the molecule is C#Cc1ccc2c(c1)C1(C34C[C@@H](C(=O)OC)N(C(=O)OC(C)(C)C)[C@@H]3N(C(=O)OC(C)(C)C)c3ccc(C#C)cc34)C[C@@H](C(=O)OC)N(C(=O)OC(C)(C)C)[C@@H]1N2C(=O)OC(C)(C)C. The topological polar surface area (TPSA) is 171 Å². The van der Waals surface area contributed by atoms with Gasteiger partial charge in [-0.1, -0.05) is 11.8 Å². The maximum atomic E-state index is 15.1. The Kier molecular flexibility index (Phi) is 11.5. The molecule has 2 saturated heterocycles. The molecule has 6 atom stereocenters. The normalized spacial score (nSPS) is 24.6. The zero-order chi connectivity index (χ0) is 47.9. The molecule has 64 heavy (non-hydrogen) atoms. The first-order valence-corrected chi connectivity index (χ1v) is 21.0. The molecule has 0 bridgehead atoms. The van der Waals surface area contributed by atoms with E-state index < -0.39 is 94.0 Å². The van der Waals surface area contributed by atoms with Crippen molar-refractivity contribution >= 4 is 47.7 Å². The van der Waals surface area contributed by atoms with Crippen LogP contribution < -0.4 is 9.80 Å². The van der Waals surface area contributed by atoms with Crippen LogP contribution in [0.2, 0.25) is 0 Å². The highest BCUT2D eigenvalue weighted by Gasteiger charge is 2.81. The van der Waals surface area contributed by atoms with Crippen molar-refractivity contribution in [2.24, 2.45) is 0 Å². The maximum absolute atomic E-state index is 15.1. The molecule has 0 aromatic heterocycles. The molecular formula is C48H58N4O12. The number of fused-ring (bicyclic) bond motifs is 7. The van der Waals surface area contributed by atoms with Crippen LogP contribution in [0.25, 0.3) is 0 Å². The van der Waals surface area contributed by atoms with Crippen molar-refractivity contribution in [1.29, 1.82) is 0 Å². The summed E-state index contributed by atoms with van der Waals surface area (Å²) in [6.45, 7) is 19.9. The molecule has 2 fully saturated rings. The number of nitrogens with zero attached hydrogens (tertiary/aromatic N) is 4. The van der Waals surface area contributed by atoms with Gasteiger partial charge in [-0.3, -0.25) is 19.6 Å². The van der Waals surface area contributed by atoms with Crippen molar-refractivity contribution in [2.75, 3.05) is 24.0 Å². The molecule has 6 rings (SSSR count). The third-order valence-electron chi connectivity index (χ3n) is 11.5. The van der Waals surface area contributed by atoms with Gasteiger partial charge in [0.05, 0.1) is 36.4 Å². The second-order valence-corrected chi connectivity index (χ2v) is 20.4. The Hall–Kier alpha value is -6.42. The first-order valence-electron chi connectivity index (χ1n) is 21.0. The highest BCUT2D eigenvalue weighted by atomic mass is 16.6. The summed E-state index contributed by atoms with van der Waals surface area (Å²) in [6, 6.07) is 6.76. The first kappa shape index (κ1) is 47.1. The number of likely N-dealkylation sites (tertiary alicyclic amines) is 2. The Labute approximate surface area is 374 Å². The number of amides is 4. The number of benzene rings is 2. The van der Waals surface area contributed by atoms with Gasteiger partial charge in [0, 0.05) is 11.1 Å². The molecule has 0 saturated carbocycles. The molecule has 4 aliphatic heterocycles. The number of carbonyl (C=O) groups is 6. The van der Waals surface area contributed by atoms with Crippen molar-refractivity contribution in [3.05, 3.63) is 58.7 Å². The summed E-state index contributed by atoms with van der Waals surface area (Å²) in [5.74, 6) is 3.59. The number of hydrogen-bond acceptors (Lipinski definition) is 12. The fourth-order valence-electron chi connectivity index (χ4n) is 9.74. The van der Waals surface area contributed by atoms with Gasteiger partial charge in [-0.15, -0.1) is 12.8 Å². The molecule has 0 spiro atoms. The molecule has 342 valence electrons. The number of rotatable bonds is 3. The lowest BCUT2D eigenvalue weighted by Gasteiger charge is -2.49. The predicted molar refractivity (Wildman–Crippen MR) is 234 cm³/mol. The molecule has 0 aliphatic carbocycles.